The van der Waals surface area contributed by atoms with Gasteiger partial charge in [-0.25, -0.2) is 22.0 Å². The monoisotopic (exact) mass is 647 g/mol. The molecule has 0 bridgehead atoms. The molecule has 1 amide bonds. The van der Waals surface area contributed by atoms with E-state index in [1.54, 1.807) is 4.90 Å². The average molecular weight is 649 g/mol. The molecule has 11 heteroatoms. The second-order valence-electron chi connectivity index (χ2n) is 12.5. The minimum absolute atomic E-state index is 0.0629. The van der Waals surface area contributed by atoms with E-state index in [9.17, 15) is 31.5 Å². The number of halogens is 7. The van der Waals surface area contributed by atoms with Crippen molar-refractivity contribution in [1.29, 1.82) is 0 Å². The first-order valence-electron chi connectivity index (χ1n) is 14.5. The maximum Gasteiger partial charge on any atom is 0.311 e. The molecule has 1 aliphatic carbocycles. The minimum Gasteiger partial charge on any atom is -0.469 e. The number of esters is 1. The lowest BCUT2D eigenvalue weighted by atomic mass is 9.53. The molecule has 0 unspecified atom stereocenters. The van der Waals surface area contributed by atoms with Crippen LogP contribution >= 0.6 is 23.2 Å². The van der Waals surface area contributed by atoms with Crippen molar-refractivity contribution in [3.8, 4) is 0 Å². The smallest absolute Gasteiger partial charge is 0.311 e. The van der Waals surface area contributed by atoms with Crippen molar-refractivity contribution >= 4 is 35.1 Å². The Bertz CT molecular complexity index is 1420. The van der Waals surface area contributed by atoms with Crippen LogP contribution in [0.2, 0.25) is 10.0 Å². The second kappa shape index (κ2) is 12.5. The molecule has 1 saturated carbocycles. The highest BCUT2D eigenvalue weighted by Crippen LogP contribution is 2.57. The number of nitrogens with zero attached hydrogens (tertiary/aromatic N) is 1. The molecule has 0 saturated heterocycles. The van der Waals surface area contributed by atoms with Gasteiger partial charge >= 0.3 is 5.97 Å². The summed E-state index contributed by atoms with van der Waals surface area (Å²) in [4.78, 5) is 29.1. The van der Waals surface area contributed by atoms with Gasteiger partial charge in [-0.15, -0.1) is 0 Å². The van der Waals surface area contributed by atoms with E-state index in [0.717, 1.165) is 6.42 Å². The quantitative estimate of drug-likeness (QED) is 0.0945. The molecular formula is C32H36Cl2F5NO3. The first-order chi connectivity index (χ1) is 20.1. The molecule has 4 rings (SSSR count). The van der Waals surface area contributed by atoms with Crippen LogP contribution in [0.25, 0.3) is 0 Å². The van der Waals surface area contributed by atoms with E-state index in [2.05, 4.69) is 0 Å². The van der Waals surface area contributed by atoms with Crippen LogP contribution in [-0.4, -0.2) is 37.0 Å². The van der Waals surface area contributed by atoms with Crippen molar-refractivity contribution in [3.63, 3.8) is 0 Å². The van der Waals surface area contributed by atoms with Gasteiger partial charge in [0, 0.05) is 29.6 Å². The van der Waals surface area contributed by atoms with Crippen molar-refractivity contribution in [2.75, 3.05) is 20.2 Å². The number of unbranched alkanes of at least 4 members (excludes halogenated alkanes) is 2. The summed E-state index contributed by atoms with van der Waals surface area (Å²) in [5.41, 5.74) is -0.667. The number of rotatable bonds is 8. The van der Waals surface area contributed by atoms with Gasteiger partial charge in [0.25, 0.3) is 5.91 Å². The molecule has 2 aliphatic rings. The highest BCUT2D eigenvalue weighted by atomic mass is 35.5. The lowest BCUT2D eigenvalue weighted by Crippen LogP contribution is -2.54. The average Bonchev–Trinajstić information content (AvgIpc) is 3.04. The fourth-order valence-electron chi connectivity index (χ4n) is 7.21. The van der Waals surface area contributed by atoms with E-state index >= 15 is 0 Å². The number of carbonyl (C=O) groups excluding carboxylic acids is 2. The van der Waals surface area contributed by atoms with Gasteiger partial charge in [0.05, 0.1) is 23.1 Å². The molecule has 1 aliphatic heterocycles. The van der Waals surface area contributed by atoms with E-state index < -0.39 is 45.5 Å². The Balaban J connectivity index is 1.66. The fourth-order valence-corrected chi connectivity index (χ4v) is 8.18. The van der Waals surface area contributed by atoms with E-state index in [0.29, 0.717) is 47.4 Å². The van der Waals surface area contributed by atoms with Gasteiger partial charge in [-0.1, -0.05) is 56.8 Å². The van der Waals surface area contributed by atoms with Crippen LogP contribution < -0.4 is 0 Å². The van der Waals surface area contributed by atoms with Gasteiger partial charge in [-0.2, -0.15) is 0 Å². The Hall–Kier alpha value is -2.39. The molecule has 0 N–H and O–H groups in total. The summed E-state index contributed by atoms with van der Waals surface area (Å²) < 4.78 is 74.1. The zero-order chi connectivity index (χ0) is 32.0. The SMILES string of the molecule is COC(=O)[C@]1(C)CCC[C@]2(C)c3cc(Cl)c(C(C)C)c(Cl)c3C(=O)N(CCCCCc3c(F)c(F)c(F)c(F)c3F)C[C@@H]12. The number of carbonyl (C=O) groups is 2. The van der Waals surface area contributed by atoms with Gasteiger partial charge in [0.15, 0.2) is 23.3 Å². The Labute approximate surface area is 258 Å². The Morgan fingerprint density at radius 3 is 2.19 bits per heavy atom. The molecule has 4 nitrogen and oxygen atoms in total. The molecule has 0 radical (unpaired) electrons. The number of ether oxygens (including phenoxy) is 1. The molecule has 2 aromatic carbocycles. The van der Waals surface area contributed by atoms with Crippen LogP contribution in [0.15, 0.2) is 6.07 Å². The van der Waals surface area contributed by atoms with Gasteiger partial charge in [-0.3, -0.25) is 9.59 Å². The summed E-state index contributed by atoms with van der Waals surface area (Å²) in [6.07, 6.45) is 2.51. The molecular weight excluding hydrogens is 612 g/mol. The molecule has 0 spiro atoms. The van der Waals surface area contributed by atoms with Crippen LogP contribution in [0.5, 0.6) is 0 Å². The number of fused-ring (bicyclic) bond motifs is 3. The van der Waals surface area contributed by atoms with E-state index in [1.807, 2.05) is 33.8 Å². The third kappa shape index (κ3) is 5.65. The zero-order valence-electron chi connectivity index (χ0n) is 24.9. The Morgan fingerprint density at radius 1 is 1.00 bits per heavy atom. The zero-order valence-corrected chi connectivity index (χ0v) is 26.4. The summed E-state index contributed by atoms with van der Waals surface area (Å²) in [5.74, 6) is -10.8. The predicted molar refractivity (Wildman–Crippen MR) is 155 cm³/mol. The highest BCUT2D eigenvalue weighted by Gasteiger charge is 2.57. The van der Waals surface area contributed by atoms with Crippen molar-refractivity contribution in [1.82, 2.24) is 4.90 Å². The van der Waals surface area contributed by atoms with Crippen molar-refractivity contribution in [3.05, 3.63) is 67.5 Å². The molecule has 3 atom stereocenters. The predicted octanol–water partition coefficient (Wildman–Crippen LogP) is 8.92. The second-order valence-corrected chi connectivity index (χ2v) is 13.3. The molecule has 43 heavy (non-hydrogen) atoms. The lowest BCUT2D eigenvalue weighted by molar-refractivity contribution is -0.161. The van der Waals surface area contributed by atoms with Crippen LogP contribution in [0.4, 0.5) is 22.0 Å². The first-order valence-corrected chi connectivity index (χ1v) is 15.3. The summed E-state index contributed by atoms with van der Waals surface area (Å²) in [5, 5.41) is 0.740. The van der Waals surface area contributed by atoms with Gasteiger partial charge < -0.3 is 9.64 Å². The van der Waals surface area contributed by atoms with Crippen LogP contribution in [-0.2, 0) is 21.4 Å². The maximum atomic E-state index is 14.2. The van der Waals surface area contributed by atoms with Gasteiger partial charge in [0.1, 0.15) is 0 Å². The Kier molecular flexibility index (Phi) is 9.77. The normalized spacial score (nSPS) is 23.7. The number of amides is 1. The van der Waals surface area contributed by atoms with Crippen molar-refractivity contribution in [2.24, 2.45) is 11.3 Å². The fraction of sp³-hybridized carbons (Fsp3) is 0.562. The van der Waals surface area contributed by atoms with Crippen LogP contribution in [0.3, 0.4) is 0 Å². The molecule has 0 aromatic heterocycles. The Morgan fingerprint density at radius 2 is 1.60 bits per heavy atom. The number of methoxy groups -OCH3 is 1. The highest BCUT2D eigenvalue weighted by molar-refractivity contribution is 6.38. The van der Waals surface area contributed by atoms with E-state index in [1.165, 1.54) is 7.11 Å². The summed E-state index contributed by atoms with van der Waals surface area (Å²) in [7, 11) is 1.35. The van der Waals surface area contributed by atoms with E-state index in [-0.39, 0.29) is 54.7 Å². The molecule has 1 fully saturated rings. The number of benzene rings is 2. The minimum atomic E-state index is -2.19. The standard InChI is InChI=1S/C32H36Cl2F5NO3/c1-16(2)21-19(33)14-18-22(23(21)34)29(41)40(15-20-31(18,3)11-9-12-32(20,4)30(42)43-5)13-8-6-7-10-17-24(35)26(37)28(39)27(38)25(17)36/h14,16,20H,6-13,15H2,1-5H3/t20-,31-,32-/m1/s1. The third-order valence-electron chi connectivity index (χ3n) is 9.59. The maximum absolute atomic E-state index is 14.2. The summed E-state index contributed by atoms with van der Waals surface area (Å²) in [6.45, 7) is 8.24. The largest absolute Gasteiger partial charge is 0.469 e. The number of hydrogen-bond acceptors (Lipinski definition) is 3. The summed E-state index contributed by atoms with van der Waals surface area (Å²) in [6, 6.07) is 1.82. The summed E-state index contributed by atoms with van der Waals surface area (Å²) >= 11 is 13.7. The van der Waals surface area contributed by atoms with Gasteiger partial charge in [-0.05, 0) is 67.6 Å². The molecule has 236 valence electrons. The first kappa shape index (κ1) is 33.5. The third-order valence-corrected chi connectivity index (χ3v) is 10.3. The van der Waals surface area contributed by atoms with Gasteiger partial charge in [0.2, 0.25) is 5.82 Å². The number of hydrogen-bond donors (Lipinski definition) is 0. The van der Waals surface area contributed by atoms with Crippen LogP contribution in [0, 0.1) is 40.4 Å². The topological polar surface area (TPSA) is 46.6 Å². The molecule has 1 heterocycles. The van der Waals surface area contributed by atoms with E-state index in [4.69, 9.17) is 27.9 Å². The lowest BCUT2D eigenvalue weighted by Gasteiger charge is -2.51. The van der Waals surface area contributed by atoms with Crippen molar-refractivity contribution < 1.29 is 36.3 Å². The van der Waals surface area contributed by atoms with Crippen molar-refractivity contribution in [2.45, 2.75) is 84.0 Å². The van der Waals surface area contributed by atoms with Crippen LogP contribution in [0.1, 0.15) is 99.2 Å². The molecule has 2 aromatic rings.